The van der Waals surface area contributed by atoms with Crippen LogP contribution in [-0.4, -0.2) is 57.9 Å². The molecule has 29 heavy (non-hydrogen) atoms. The van der Waals surface area contributed by atoms with Crippen LogP contribution in [0.2, 0.25) is 0 Å². The minimum atomic E-state index is -3.06. The molecule has 0 atom stereocenters. The van der Waals surface area contributed by atoms with Crippen molar-refractivity contribution in [2.24, 2.45) is 0 Å². The maximum Gasteiger partial charge on any atom is 0.387 e. The van der Waals surface area contributed by atoms with Gasteiger partial charge in [0, 0.05) is 32.4 Å². The number of carbonyl (C=O) groups excluding carboxylic acids is 1. The number of amides is 1. The van der Waals surface area contributed by atoms with Gasteiger partial charge in [0.1, 0.15) is 0 Å². The van der Waals surface area contributed by atoms with E-state index in [1.165, 1.54) is 24.1 Å². The summed E-state index contributed by atoms with van der Waals surface area (Å²) < 4.78 is 40.6. The zero-order valence-electron chi connectivity index (χ0n) is 16.4. The molecule has 1 aliphatic rings. The Bertz CT molecular complexity index is 824. The van der Waals surface area contributed by atoms with Crippen LogP contribution < -0.4 is 14.4 Å². The normalized spacial score (nSPS) is 14.0. The van der Waals surface area contributed by atoms with Gasteiger partial charge in [-0.05, 0) is 29.8 Å². The number of benzene rings is 2. The summed E-state index contributed by atoms with van der Waals surface area (Å²) in [5.41, 5.74) is 2.06. The fourth-order valence-corrected chi connectivity index (χ4v) is 3.24. The zero-order valence-corrected chi connectivity index (χ0v) is 16.4. The number of halogens is 2. The molecule has 3 rings (SSSR count). The molecule has 1 heterocycles. The standard InChI is InChI=1S/C21H24F2N2O4/c1-24(14-15-6-8-16(9-7-15)25-10-12-28-13-11-25)20(26)17-4-3-5-18(27-2)19(17)29-21(22)23/h3-9,21H,10-14H2,1-2H3. The molecule has 0 spiro atoms. The molecule has 6 nitrogen and oxygen atoms in total. The quantitative estimate of drug-likeness (QED) is 0.706. The molecular weight excluding hydrogens is 382 g/mol. The van der Waals surface area contributed by atoms with Crippen molar-refractivity contribution in [1.29, 1.82) is 0 Å². The number of rotatable bonds is 7. The maximum atomic E-state index is 12.9. The molecule has 156 valence electrons. The number of hydrogen-bond acceptors (Lipinski definition) is 5. The number of ether oxygens (including phenoxy) is 3. The van der Waals surface area contributed by atoms with Crippen LogP contribution in [0, 0.1) is 0 Å². The Morgan fingerprint density at radius 1 is 1.17 bits per heavy atom. The van der Waals surface area contributed by atoms with Crippen LogP contribution in [0.4, 0.5) is 14.5 Å². The molecule has 1 fully saturated rings. The number of morpholine rings is 1. The Morgan fingerprint density at radius 3 is 2.48 bits per heavy atom. The number of nitrogens with zero attached hydrogens (tertiary/aromatic N) is 2. The van der Waals surface area contributed by atoms with E-state index in [9.17, 15) is 13.6 Å². The highest BCUT2D eigenvalue weighted by Gasteiger charge is 2.23. The van der Waals surface area contributed by atoms with E-state index in [0.29, 0.717) is 19.8 Å². The van der Waals surface area contributed by atoms with E-state index in [1.807, 2.05) is 24.3 Å². The van der Waals surface area contributed by atoms with Crippen LogP contribution in [0.15, 0.2) is 42.5 Å². The van der Waals surface area contributed by atoms with E-state index >= 15 is 0 Å². The van der Waals surface area contributed by atoms with Crippen molar-refractivity contribution in [3.05, 3.63) is 53.6 Å². The van der Waals surface area contributed by atoms with Crippen molar-refractivity contribution < 1.29 is 27.8 Å². The minimum absolute atomic E-state index is 0.0251. The zero-order chi connectivity index (χ0) is 20.8. The van der Waals surface area contributed by atoms with Crippen LogP contribution in [0.5, 0.6) is 11.5 Å². The van der Waals surface area contributed by atoms with Crippen molar-refractivity contribution in [1.82, 2.24) is 4.90 Å². The van der Waals surface area contributed by atoms with E-state index < -0.39 is 12.5 Å². The van der Waals surface area contributed by atoms with Crippen molar-refractivity contribution in [3.63, 3.8) is 0 Å². The van der Waals surface area contributed by atoms with E-state index in [0.717, 1.165) is 24.3 Å². The van der Waals surface area contributed by atoms with Crippen LogP contribution in [0.1, 0.15) is 15.9 Å². The highest BCUT2D eigenvalue weighted by atomic mass is 19.3. The molecule has 0 aliphatic carbocycles. The third-order valence-electron chi connectivity index (χ3n) is 4.72. The maximum absolute atomic E-state index is 12.9. The number of alkyl halides is 2. The van der Waals surface area contributed by atoms with E-state index in [2.05, 4.69) is 9.64 Å². The van der Waals surface area contributed by atoms with Crippen LogP contribution in [0.3, 0.4) is 0 Å². The molecule has 1 aliphatic heterocycles. The molecule has 1 saturated heterocycles. The van der Waals surface area contributed by atoms with Gasteiger partial charge in [-0.3, -0.25) is 4.79 Å². The number of hydrogen-bond donors (Lipinski definition) is 0. The summed E-state index contributed by atoms with van der Waals surface area (Å²) >= 11 is 0. The fraction of sp³-hybridized carbons (Fsp3) is 0.381. The van der Waals surface area contributed by atoms with Gasteiger partial charge in [-0.25, -0.2) is 0 Å². The Hall–Kier alpha value is -2.87. The molecule has 1 amide bonds. The Morgan fingerprint density at radius 2 is 1.86 bits per heavy atom. The van der Waals surface area contributed by atoms with E-state index in [-0.39, 0.29) is 17.1 Å². The Labute approximate surface area is 168 Å². The summed E-state index contributed by atoms with van der Waals surface area (Å²) in [6, 6.07) is 12.4. The SMILES string of the molecule is COc1cccc(C(=O)N(C)Cc2ccc(N3CCOCC3)cc2)c1OC(F)F. The first-order valence-electron chi connectivity index (χ1n) is 9.28. The van der Waals surface area contributed by atoms with Gasteiger partial charge in [0.05, 0.1) is 25.9 Å². The lowest BCUT2D eigenvalue weighted by molar-refractivity contribution is -0.0516. The van der Waals surface area contributed by atoms with Crippen LogP contribution in [-0.2, 0) is 11.3 Å². The highest BCUT2D eigenvalue weighted by molar-refractivity contribution is 5.97. The second-order valence-corrected chi connectivity index (χ2v) is 6.64. The van der Waals surface area contributed by atoms with Crippen molar-refractivity contribution in [2.45, 2.75) is 13.2 Å². The van der Waals surface area contributed by atoms with Crippen LogP contribution >= 0.6 is 0 Å². The number of para-hydroxylation sites is 1. The first-order valence-corrected chi connectivity index (χ1v) is 9.28. The molecule has 0 bridgehead atoms. The average Bonchev–Trinajstić information content (AvgIpc) is 2.74. The third kappa shape index (κ3) is 5.14. The van der Waals surface area contributed by atoms with Gasteiger partial charge < -0.3 is 24.0 Å². The topological polar surface area (TPSA) is 51.2 Å². The lowest BCUT2D eigenvalue weighted by atomic mass is 10.1. The second kappa shape index (κ2) is 9.56. The number of anilines is 1. The summed E-state index contributed by atoms with van der Waals surface area (Å²) in [6.45, 7) is 0.385. The van der Waals surface area contributed by atoms with Crippen molar-refractivity contribution >= 4 is 11.6 Å². The van der Waals surface area contributed by atoms with Gasteiger partial charge in [0.25, 0.3) is 5.91 Å². The molecule has 2 aromatic carbocycles. The largest absolute Gasteiger partial charge is 0.493 e. The molecule has 0 aromatic heterocycles. The predicted molar refractivity (Wildman–Crippen MR) is 105 cm³/mol. The Balaban J connectivity index is 1.72. The summed E-state index contributed by atoms with van der Waals surface area (Å²) in [5, 5.41) is 0. The third-order valence-corrected chi connectivity index (χ3v) is 4.72. The molecule has 2 aromatic rings. The molecule has 0 unspecified atom stereocenters. The molecule has 8 heteroatoms. The smallest absolute Gasteiger partial charge is 0.387 e. The number of methoxy groups -OCH3 is 1. The minimum Gasteiger partial charge on any atom is -0.493 e. The summed E-state index contributed by atoms with van der Waals surface area (Å²) in [4.78, 5) is 16.6. The lowest BCUT2D eigenvalue weighted by Gasteiger charge is -2.29. The fourth-order valence-electron chi connectivity index (χ4n) is 3.24. The molecule has 0 radical (unpaired) electrons. The highest BCUT2D eigenvalue weighted by Crippen LogP contribution is 2.33. The van der Waals surface area contributed by atoms with Gasteiger partial charge in [-0.2, -0.15) is 8.78 Å². The first-order chi connectivity index (χ1) is 14.0. The van der Waals surface area contributed by atoms with Crippen LogP contribution in [0.25, 0.3) is 0 Å². The monoisotopic (exact) mass is 406 g/mol. The molecule has 0 saturated carbocycles. The van der Waals surface area contributed by atoms with Crippen molar-refractivity contribution in [2.75, 3.05) is 45.4 Å². The van der Waals surface area contributed by atoms with Gasteiger partial charge >= 0.3 is 6.61 Å². The Kier molecular flexibility index (Phi) is 6.87. The van der Waals surface area contributed by atoms with Gasteiger partial charge in [-0.1, -0.05) is 18.2 Å². The van der Waals surface area contributed by atoms with Gasteiger partial charge in [0.15, 0.2) is 11.5 Å². The average molecular weight is 406 g/mol. The van der Waals surface area contributed by atoms with E-state index in [1.54, 1.807) is 13.1 Å². The molecule has 0 N–H and O–H groups in total. The predicted octanol–water partition coefficient (Wildman–Crippen LogP) is 3.41. The second-order valence-electron chi connectivity index (χ2n) is 6.64. The van der Waals surface area contributed by atoms with Gasteiger partial charge in [-0.15, -0.1) is 0 Å². The number of carbonyl (C=O) groups is 1. The lowest BCUT2D eigenvalue weighted by Crippen LogP contribution is -2.36. The summed E-state index contributed by atoms with van der Waals surface area (Å²) in [5.74, 6) is -0.610. The van der Waals surface area contributed by atoms with Gasteiger partial charge in [0.2, 0.25) is 0 Å². The van der Waals surface area contributed by atoms with E-state index in [4.69, 9.17) is 9.47 Å². The molecular formula is C21H24F2N2O4. The first kappa shape index (κ1) is 20.9. The van der Waals surface area contributed by atoms with Crippen molar-refractivity contribution in [3.8, 4) is 11.5 Å². The summed E-state index contributed by atoms with van der Waals surface area (Å²) in [6.07, 6.45) is 0. The summed E-state index contributed by atoms with van der Waals surface area (Å²) in [7, 11) is 2.95.